The van der Waals surface area contributed by atoms with Crippen molar-refractivity contribution in [1.82, 2.24) is 20.2 Å². The van der Waals surface area contributed by atoms with Crippen LogP contribution >= 0.6 is 0 Å². The van der Waals surface area contributed by atoms with Crippen molar-refractivity contribution in [3.63, 3.8) is 0 Å². The summed E-state index contributed by atoms with van der Waals surface area (Å²) >= 11 is 0. The molecule has 0 aromatic carbocycles. The van der Waals surface area contributed by atoms with Gasteiger partial charge in [0.05, 0.1) is 6.61 Å². The van der Waals surface area contributed by atoms with Crippen molar-refractivity contribution in [2.75, 3.05) is 26.2 Å². The number of aromatic nitrogens is 2. The first kappa shape index (κ1) is 16.3. The fourth-order valence-corrected chi connectivity index (χ4v) is 2.71. The summed E-state index contributed by atoms with van der Waals surface area (Å²) < 4.78 is 5.89. The Labute approximate surface area is 128 Å². The van der Waals surface area contributed by atoms with E-state index in [1.165, 1.54) is 5.56 Å². The minimum atomic E-state index is -0.00765. The van der Waals surface area contributed by atoms with Gasteiger partial charge in [0.1, 0.15) is 6.10 Å². The molecule has 0 bridgehead atoms. The van der Waals surface area contributed by atoms with Crippen LogP contribution in [0.1, 0.15) is 49.7 Å². The minimum absolute atomic E-state index is 0.00765. The molecular formula is C16H28N4O. The Kier molecular flexibility index (Phi) is 5.67. The molecule has 1 fully saturated rings. The highest BCUT2D eigenvalue weighted by atomic mass is 16.5. The molecule has 1 N–H and O–H groups in total. The molecule has 1 saturated heterocycles. The maximum Gasteiger partial charge on any atom is 0.158 e. The van der Waals surface area contributed by atoms with E-state index in [1.807, 2.05) is 0 Å². The second-order valence-corrected chi connectivity index (χ2v) is 5.96. The van der Waals surface area contributed by atoms with Crippen molar-refractivity contribution in [1.29, 1.82) is 0 Å². The smallest absolute Gasteiger partial charge is 0.158 e. The third kappa shape index (κ3) is 3.99. The third-order valence-corrected chi connectivity index (χ3v) is 4.11. The van der Waals surface area contributed by atoms with Gasteiger partial charge in [0.2, 0.25) is 0 Å². The van der Waals surface area contributed by atoms with Crippen molar-refractivity contribution >= 4 is 0 Å². The molecule has 2 heterocycles. The topological polar surface area (TPSA) is 50.3 Å². The lowest BCUT2D eigenvalue weighted by Gasteiger charge is -2.35. The zero-order valence-electron chi connectivity index (χ0n) is 13.9. The maximum absolute atomic E-state index is 5.89. The van der Waals surface area contributed by atoms with Gasteiger partial charge in [0.25, 0.3) is 0 Å². The standard InChI is InChI=1S/C16H28N4O/c1-6-17-9-14-12(4)18-16(19-13(14)5)15-10-20(11(2)3)7-8-21-15/h11,15,17H,6-10H2,1-5H3. The van der Waals surface area contributed by atoms with Crippen LogP contribution in [-0.2, 0) is 11.3 Å². The number of rotatable bonds is 5. The van der Waals surface area contributed by atoms with Gasteiger partial charge >= 0.3 is 0 Å². The first-order chi connectivity index (χ1) is 10.0. The van der Waals surface area contributed by atoms with E-state index in [1.54, 1.807) is 0 Å². The number of hydrogen-bond donors (Lipinski definition) is 1. The molecule has 0 saturated carbocycles. The van der Waals surface area contributed by atoms with Gasteiger partial charge in [-0.2, -0.15) is 0 Å². The summed E-state index contributed by atoms with van der Waals surface area (Å²) in [5.41, 5.74) is 3.32. The Morgan fingerprint density at radius 3 is 2.52 bits per heavy atom. The van der Waals surface area contributed by atoms with Gasteiger partial charge in [-0.15, -0.1) is 0 Å². The molecule has 0 spiro atoms. The molecule has 1 aromatic rings. The van der Waals surface area contributed by atoms with Crippen molar-refractivity contribution < 1.29 is 4.74 Å². The van der Waals surface area contributed by atoms with E-state index in [0.717, 1.165) is 50.0 Å². The molecule has 0 amide bonds. The van der Waals surface area contributed by atoms with Crippen molar-refractivity contribution in [3.8, 4) is 0 Å². The van der Waals surface area contributed by atoms with Gasteiger partial charge < -0.3 is 10.1 Å². The lowest BCUT2D eigenvalue weighted by atomic mass is 10.1. The van der Waals surface area contributed by atoms with Crippen LogP contribution in [0.15, 0.2) is 0 Å². The van der Waals surface area contributed by atoms with Gasteiger partial charge in [-0.1, -0.05) is 6.92 Å². The van der Waals surface area contributed by atoms with Crippen molar-refractivity contribution in [3.05, 3.63) is 22.8 Å². The highest BCUT2D eigenvalue weighted by molar-refractivity contribution is 5.24. The van der Waals surface area contributed by atoms with Gasteiger partial charge in [-0.05, 0) is 34.2 Å². The fourth-order valence-electron chi connectivity index (χ4n) is 2.71. The van der Waals surface area contributed by atoms with E-state index in [9.17, 15) is 0 Å². The van der Waals surface area contributed by atoms with Crippen LogP contribution in [0.25, 0.3) is 0 Å². The minimum Gasteiger partial charge on any atom is -0.368 e. The van der Waals surface area contributed by atoms with Crippen LogP contribution < -0.4 is 5.32 Å². The van der Waals surface area contributed by atoms with Crippen molar-refractivity contribution in [2.45, 2.75) is 53.3 Å². The van der Waals surface area contributed by atoms with Crippen LogP contribution in [0, 0.1) is 13.8 Å². The summed E-state index contributed by atoms with van der Waals surface area (Å²) in [6, 6.07) is 0.534. The lowest BCUT2D eigenvalue weighted by molar-refractivity contribution is -0.0444. The molecule has 118 valence electrons. The average molecular weight is 292 g/mol. The molecule has 1 aliphatic rings. The highest BCUT2D eigenvalue weighted by Gasteiger charge is 2.26. The van der Waals surface area contributed by atoms with Gasteiger partial charge in [0, 0.05) is 42.6 Å². The Balaban J connectivity index is 2.16. The number of morpholine rings is 1. The van der Waals surface area contributed by atoms with Crippen LogP contribution in [-0.4, -0.2) is 47.2 Å². The maximum atomic E-state index is 5.89. The summed E-state index contributed by atoms with van der Waals surface area (Å²) in [5.74, 6) is 0.829. The quantitative estimate of drug-likeness (QED) is 0.899. The largest absolute Gasteiger partial charge is 0.368 e. The van der Waals surface area contributed by atoms with E-state index in [2.05, 4.69) is 44.8 Å². The van der Waals surface area contributed by atoms with Crippen LogP contribution in [0.4, 0.5) is 0 Å². The zero-order valence-corrected chi connectivity index (χ0v) is 13.9. The number of ether oxygens (including phenoxy) is 1. The fraction of sp³-hybridized carbons (Fsp3) is 0.750. The van der Waals surface area contributed by atoms with Crippen LogP contribution in [0.2, 0.25) is 0 Å². The molecule has 0 aliphatic carbocycles. The van der Waals surface area contributed by atoms with Crippen LogP contribution in [0.5, 0.6) is 0 Å². The molecular weight excluding hydrogens is 264 g/mol. The molecule has 5 heteroatoms. The Bertz CT molecular complexity index is 452. The second kappa shape index (κ2) is 7.29. The zero-order chi connectivity index (χ0) is 15.4. The SMILES string of the molecule is CCNCc1c(C)nc(C2CN(C(C)C)CCO2)nc1C. The third-order valence-electron chi connectivity index (χ3n) is 4.11. The second-order valence-electron chi connectivity index (χ2n) is 5.96. The normalized spacial score (nSPS) is 20.2. The number of hydrogen-bond acceptors (Lipinski definition) is 5. The van der Waals surface area contributed by atoms with E-state index in [0.29, 0.717) is 6.04 Å². The summed E-state index contributed by atoms with van der Waals surface area (Å²) in [6.45, 7) is 15.1. The Morgan fingerprint density at radius 2 is 1.95 bits per heavy atom. The first-order valence-electron chi connectivity index (χ1n) is 7.93. The highest BCUT2D eigenvalue weighted by Crippen LogP contribution is 2.22. The molecule has 0 radical (unpaired) electrons. The summed E-state index contributed by atoms with van der Waals surface area (Å²) in [6.07, 6.45) is -0.00765. The Hall–Kier alpha value is -1.04. The molecule has 1 unspecified atom stereocenters. The predicted molar refractivity (Wildman–Crippen MR) is 84.3 cm³/mol. The molecule has 1 aromatic heterocycles. The number of nitrogens with zero attached hydrogens (tertiary/aromatic N) is 3. The van der Waals surface area contributed by atoms with E-state index >= 15 is 0 Å². The molecule has 1 aliphatic heterocycles. The van der Waals surface area contributed by atoms with Gasteiger partial charge in [-0.3, -0.25) is 4.90 Å². The van der Waals surface area contributed by atoms with E-state index in [-0.39, 0.29) is 6.10 Å². The molecule has 1 atom stereocenters. The molecule has 21 heavy (non-hydrogen) atoms. The first-order valence-corrected chi connectivity index (χ1v) is 7.93. The monoisotopic (exact) mass is 292 g/mol. The van der Waals surface area contributed by atoms with Gasteiger partial charge in [-0.25, -0.2) is 9.97 Å². The molecule has 2 rings (SSSR count). The summed E-state index contributed by atoms with van der Waals surface area (Å²) in [4.78, 5) is 11.8. The summed E-state index contributed by atoms with van der Waals surface area (Å²) in [7, 11) is 0. The van der Waals surface area contributed by atoms with Crippen molar-refractivity contribution in [2.24, 2.45) is 0 Å². The average Bonchev–Trinajstić information content (AvgIpc) is 2.46. The lowest BCUT2D eigenvalue weighted by Crippen LogP contribution is -2.42. The van der Waals surface area contributed by atoms with E-state index in [4.69, 9.17) is 14.7 Å². The number of aryl methyl sites for hydroxylation is 2. The number of nitrogens with one attached hydrogen (secondary N) is 1. The Morgan fingerprint density at radius 1 is 1.29 bits per heavy atom. The van der Waals surface area contributed by atoms with Crippen LogP contribution in [0.3, 0.4) is 0 Å². The predicted octanol–water partition coefficient (Wildman–Crippen LogP) is 1.98. The summed E-state index contributed by atoms with van der Waals surface area (Å²) in [5, 5.41) is 3.35. The van der Waals surface area contributed by atoms with E-state index < -0.39 is 0 Å². The van der Waals surface area contributed by atoms with Gasteiger partial charge in [0.15, 0.2) is 5.82 Å². The molecule has 5 nitrogen and oxygen atoms in total.